The van der Waals surface area contributed by atoms with E-state index in [4.69, 9.17) is 0 Å². The predicted octanol–water partition coefficient (Wildman–Crippen LogP) is 3.51. The van der Waals surface area contributed by atoms with Crippen LogP contribution in [0.5, 0.6) is 0 Å². The molecule has 5 nitrogen and oxygen atoms in total. The molecule has 146 valence electrons. The zero-order chi connectivity index (χ0) is 19.6. The van der Waals surface area contributed by atoms with Gasteiger partial charge < -0.3 is 4.90 Å². The summed E-state index contributed by atoms with van der Waals surface area (Å²) in [6.45, 7) is 2.59. The Morgan fingerprint density at radius 2 is 1.85 bits per heavy atom. The second kappa shape index (κ2) is 8.08. The van der Waals surface area contributed by atoms with E-state index in [1.54, 1.807) is 41.6 Å². The van der Waals surface area contributed by atoms with E-state index < -0.39 is 10.0 Å². The first-order valence-electron chi connectivity index (χ1n) is 8.86. The molecule has 1 saturated heterocycles. The second-order valence-electron chi connectivity index (χ2n) is 6.79. The van der Waals surface area contributed by atoms with Gasteiger partial charge in [0.1, 0.15) is 10.0 Å². The number of benzene rings is 1. The fourth-order valence-electron chi connectivity index (χ4n) is 3.32. The average Bonchev–Trinajstić information content (AvgIpc) is 3.23. The third-order valence-electron chi connectivity index (χ3n) is 5.17. The molecule has 3 rings (SSSR count). The van der Waals surface area contributed by atoms with Crippen LogP contribution in [0.15, 0.2) is 46.0 Å². The molecular weight excluding hydrogens is 387 g/mol. The van der Waals surface area contributed by atoms with Gasteiger partial charge in [-0.2, -0.15) is 4.31 Å². The number of thiophene rings is 1. The molecule has 1 fully saturated rings. The van der Waals surface area contributed by atoms with Gasteiger partial charge >= 0.3 is 0 Å². The average molecular weight is 411 g/mol. The van der Waals surface area contributed by atoms with Gasteiger partial charge in [0.05, 0.1) is 6.04 Å². The molecule has 1 aliphatic rings. The van der Waals surface area contributed by atoms with Crippen molar-refractivity contribution < 1.29 is 17.6 Å². The summed E-state index contributed by atoms with van der Waals surface area (Å²) in [6.07, 6.45) is 1.01. The first-order valence-corrected chi connectivity index (χ1v) is 11.2. The summed E-state index contributed by atoms with van der Waals surface area (Å²) in [7, 11) is -1.72. The van der Waals surface area contributed by atoms with Crippen LogP contribution in [0.2, 0.25) is 0 Å². The highest BCUT2D eigenvalue weighted by atomic mass is 32.2. The van der Waals surface area contributed by atoms with E-state index in [9.17, 15) is 17.6 Å². The third kappa shape index (κ3) is 4.23. The Kier molecular flexibility index (Phi) is 5.98. The highest BCUT2D eigenvalue weighted by Gasteiger charge is 2.34. The normalized spacial score (nSPS) is 17.6. The number of carbonyl (C=O) groups is 1. The van der Waals surface area contributed by atoms with Crippen LogP contribution in [0.3, 0.4) is 0 Å². The highest BCUT2D eigenvalue weighted by Crippen LogP contribution is 2.29. The van der Waals surface area contributed by atoms with Gasteiger partial charge in [0.25, 0.3) is 10.0 Å². The predicted molar refractivity (Wildman–Crippen MR) is 103 cm³/mol. The Bertz CT molecular complexity index is 874. The first-order chi connectivity index (χ1) is 12.8. The summed E-state index contributed by atoms with van der Waals surface area (Å²) in [6, 6.07) is 9.29. The van der Waals surface area contributed by atoms with Gasteiger partial charge in [-0.3, -0.25) is 4.79 Å². The van der Waals surface area contributed by atoms with Gasteiger partial charge in [0, 0.05) is 26.1 Å². The maximum Gasteiger partial charge on any atom is 0.252 e. The Hall–Kier alpha value is -1.77. The third-order valence-corrected chi connectivity index (χ3v) is 8.45. The molecule has 0 radical (unpaired) electrons. The maximum absolute atomic E-state index is 13.1. The molecule has 0 spiro atoms. The molecule has 1 aliphatic heterocycles. The van der Waals surface area contributed by atoms with E-state index in [1.807, 2.05) is 6.92 Å². The van der Waals surface area contributed by atoms with Crippen molar-refractivity contribution in [2.75, 3.05) is 20.1 Å². The monoisotopic (exact) mass is 410 g/mol. The van der Waals surface area contributed by atoms with Crippen LogP contribution in [0.25, 0.3) is 0 Å². The lowest BCUT2D eigenvalue weighted by Crippen LogP contribution is -2.43. The number of carbonyl (C=O) groups excluding carboxylic acids is 1. The van der Waals surface area contributed by atoms with Gasteiger partial charge in [-0.15, -0.1) is 11.3 Å². The van der Waals surface area contributed by atoms with Gasteiger partial charge in [0.15, 0.2) is 0 Å². The van der Waals surface area contributed by atoms with Crippen molar-refractivity contribution >= 4 is 27.3 Å². The van der Waals surface area contributed by atoms with Gasteiger partial charge in [-0.05, 0) is 48.9 Å². The number of halogens is 1. The molecular formula is C19H23FN2O3S2. The molecule has 27 heavy (non-hydrogen) atoms. The highest BCUT2D eigenvalue weighted by molar-refractivity contribution is 7.91. The van der Waals surface area contributed by atoms with E-state index >= 15 is 0 Å². The zero-order valence-electron chi connectivity index (χ0n) is 15.3. The van der Waals surface area contributed by atoms with Crippen molar-refractivity contribution in [3.63, 3.8) is 0 Å². The number of nitrogens with zero attached hydrogens (tertiary/aromatic N) is 2. The van der Waals surface area contributed by atoms with E-state index in [-0.39, 0.29) is 23.7 Å². The molecule has 1 aromatic heterocycles. The lowest BCUT2D eigenvalue weighted by molar-refractivity contribution is -0.137. The zero-order valence-corrected chi connectivity index (χ0v) is 17.0. The van der Waals surface area contributed by atoms with Gasteiger partial charge in [0.2, 0.25) is 5.91 Å². The van der Waals surface area contributed by atoms with E-state index in [2.05, 4.69) is 0 Å². The van der Waals surface area contributed by atoms with Crippen molar-refractivity contribution in [1.29, 1.82) is 0 Å². The van der Waals surface area contributed by atoms with Crippen LogP contribution in [-0.2, 0) is 14.8 Å². The number of sulfonamides is 1. The Labute approximate surface area is 163 Å². The minimum absolute atomic E-state index is 0.00000318. The molecule has 2 aromatic rings. The molecule has 0 unspecified atom stereocenters. The summed E-state index contributed by atoms with van der Waals surface area (Å²) < 4.78 is 40.1. The molecule has 1 atom stereocenters. The molecule has 2 heterocycles. The first kappa shape index (κ1) is 20.0. The number of hydrogen-bond acceptors (Lipinski definition) is 4. The standard InChI is InChI=1S/C19H23FN2O3S2/c1-14(15-5-7-17(20)8-6-15)21(2)19(23)16-9-11-22(12-10-16)27(24,25)18-4-3-13-26-18/h3-8,13-14,16H,9-12H2,1-2H3/t14-/m0/s1. The molecule has 0 bridgehead atoms. The molecule has 0 saturated carbocycles. The van der Waals surface area contributed by atoms with Crippen LogP contribution < -0.4 is 0 Å². The van der Waals surface area contributed by atoms with Crippen molar-refractivity contribution in [2.45, 2.75) is 30.0 Å². The lowest BCUT2D eigenvalue weighted by atomic mass is 9.95. The molecule has 1 amide bonds. The van der Waals surface area contributed by atoms with E-state index in [1.165, 1.54) is 27.8 Å². The summed E-state index contributed by atoms with van der Waals surface area (Å²) in [5.41, 5.74) is 0.866. The van der Waals surface area contributed by atoms with E-state index in [0.717, 1.165) is 5.56 Å². The van der Waals surface area contributed by atoms with Crippen LogP contribution in [0, 0.1) is 11.7 Å². The molecule has 8 heteroatoms. The van der Waals surface area contributed by atoms with Crippen LogP contribution >= 0.6 is 11.3 Å². The minimum atomic E-state index is -3.46. The molecule has 1 aromatic carbocycles. The number of amides is 1. The largest absolute Gasteiger partial charge is 0.339 e. The summed E-state index contributed by atoms with van der Waals surface area (Å²) >= 11 is 1.21. The smallest absolute Gasteiger partial charge is 0.252 e. The number of rotatable bonds is 5. The summed E-state index contributed by atoms with van der Waals surface area (Å²) in [5.74, 6) is -0.507. The lowest BCUT2D eigenvalue weighted by Gasteiger charge is -2.34. The van der Waals surface area contributed by atoms with E-state index in [0.29, 0.717) is 30.1 Å². The number of hydrogen-bond donors (Lipinski definition) is 0. The Balaban J connectivity index is 1.62. The van der Waals surface area contributed by atoms with Gasteiger partial charge in [-0.25, -0.2) is 12.8 Å². The van der Waals surface area contributed by atoms with Crippen LogP contribution in [0.1, 0.15) is 31.4 Å². The summed E-state index contributed by atoms with van der Waals surface area (Å²) in [4.78, 5) is 14.5. The summed E-state index contributed by atoms with van der Waals surface area (Å²) in [5, 5.41) is 1.74. The van der Waals surface area contributed by atoms with Crippen molar-refractivity contribution in [2.24, 2.45) is 5.92 Å². The van der Waals surface area contributed by atoms with Crippen LogP contribution in [0.4, 0.5) is 4.39 Å². The SMILES string of the molecule is C[C@@H](c1ccc(F)cc1)N(C)C(=O)C1CCN(S(=O)(=O)c2cccs2)CC1. The second-order valence-corrected chi connectivity index (χ2v) is 9.90. The Morgan fingerprint density at radius 3 is 2.41 bits per heavy atom. The van der Waals surface area contributed by atoms with Gasteiger partial charge in [-0.1, -0.05) is 18.2 Å². The molecule has 0 N–H and O–H groups in total. The fourth-order valence-corrected chi connectivity index (χ4v) is 5.94. The van der Waals surface area contributed by atoms with Crippen LogP contribution in [-0.4, -0.2) is 43.7 Å². The molecule has 0 aliphatic carbocycles. The van der Waals surface area contributed by atoms with Crippen molar-refractivity contribution in [3.05, 3.63) is 53.2 Å². The van der Waals surface area contributed by atoms with Crippen molar-refractivity contribution in [3.8, 4) is 0 Å². The minimum Gasteiger partial charge on any atom is -0.339 e. The van der Waals surface area contributed by atoms with Crippen molar-refractivity contribution in [1.82, 2.24) is 9.21 Å². The quantitative estimate of drug-likeness (QED) is 0.758. The maximum atomic E-state index is 13.1. The Morgan fingerprint density at radius 1 is 1.22 bits per heavy atom. The topological polar surface area (TPSA) is 57.7 Å². The fraction of sp³-hybridized carbons (Fsp3) is 0.421. The number of piperidine rings is 1.